The highest BCUT2D eigenvalue weighted by atomic mass is 79.9. The van der Waals surface area contributed by atoms with Crippen LogP contribution in [0.15, 0.2) is 56.7 Å². The number of sulfone groups is 1. The summed E-state index contributed by atoms with van der Waals surface area (Å²) in [5.74, 6) is 0.269. The molecule has 0 spiro atoms. The zero-order valence-electron chi connectivity index (χ0n) is 11.2. The first-order valence-electron chi connectivity index (χ1n) is 6.00. The molecule has 0 radical (unpaired) electrons. The monoisotopic (exact) mass is 387 g/mol. The summed E-state index contributed by atoms with van der Waals surface area (Å²) in [6.45, 7) is 0. The highest BCUT2D eigenvalue weighted by Crippen LogP contribution is 2.26. The second kappa shape index (κ2) is 6.29. The Kier molecular flexibility index (Phi) is 4.85. The molecule has 0 saturated carbocycles. The Morgan fingerprint density at radius 2 is 1.76 bits per heavy atom. The highest BCUT2D eigenvalue weighted by Gasteiger charge is 2.12. The van der Waals surface area contributed by atoms with Gasteiger partial charge in [-0.05, 0) is 36.4 Å². The van der Waals surface area contributed by atoms with Crippen molar-refractivity contribution in [1.29, 1.82) is 0 Å². The molecule has 2 aromatic carbocycles. The van der Waals surface area contributed by atoms with Gasteiger partial charge in [0.2, 0.25) is 0 Å². The van der Waals surface area contributed by atoms with Crippen LogP contribution in [0.2, 0.25) is 0 Å². The molecule has 0 fully saturated rings. The molecule has 0 aliphatic carbocycles. The minimum atomic E-state index is -3.24. The summed E-state index contributed by atoms with van der Waals surface area (Å²) in [5, 5.41) is 0. The minimum absolute atomic E-state index is 0.212. The maximum absolute atomic E-state index is 12.4. The summed E-state index contributed by atoms with van der Waals surface area (Å²) in [7, 11) is -4.54. The third-order valence-corrected chi connectivity index (χ3v) is 6.17. The lowest BCUT2D eigenvalue weighted by Gasteiger charge is -2.08. The summed E-state index contributed by atoms with van der Waals surface area (Å²) >= 11 is 3.39. The number of anilines is 1. The Labute approximate surface area is 134 Å². The molecule has 0 aliphatic heterocycles. The number of hydrogen-bond acceptors (Lipinski definition) is 4. The van der Waals surface area contributed by atoms with Crippen LogP contribution in [-0.4, -0.2) is 18.9 Å². The Morgan fingerprint density at radius 3 is 2.29 bits per heavy atom. The molecular weight excluding hydrogens is 374 g/mol. The predicted octanol–water partition coefficient (Wildman–Crippen LogP) is 2.74. The van der Waals surface area contributed by atoms with Crippen molar-refractivity contribution < 1.29 is 12.6 Å². The van der Waals surface area contributed by atoms with Gasteiger partial charge in [-0.15, -0.1) is 0 Å². The van der Waals surface area contributed by atoms with E-state index in [1.54, 1.807) is 18.2 Å². The Hall–Kier alpha value is -1.18. The second-order valence-electron chi connectivity index (χ2n) is 4.54. The summed E-state index contributed by atoms with van der Waals surface area (Å²) in [5.41, 5.74) is 7.24. The first kappa shape index (κ1) is 16.2. The van der Waals surface area contributed by atoms with E-state index >= 15 is 0 Å². The summed E-state index contributed by atoms with van der Waals surface area (Å²) in [6.07, 6.45) is 1.14. The zero-order chi connectivity index (χ0) is 15.6. The molecule has 7 heteroatoms. The van der Waals surface area contributed by atoms with Gasteiger partial charge in [-0.25, -0.2) is 8.42 Å². The lowest BCUT2D eigenvalue weighted by atomic mass is 10.2. The molecule has 21 heavy (non-hydrogen) atoms. The first-order valence-corrected chi connectivity index (χ1v) is 10.0. The Bertz CT molecular complexity index is 766. The molecule has 112 valence electrons. The van der Waals surface area contributed by atoms with Crippen molar-refractivity contribution in [2.75, 3.05) is 12.0 Å². The molecule has 2 N–H and O–H groups in total. The molecule has 4 nitrogen and oxygen atoms in total. The number of hydrogen-bond donors (Lipinski definition) is 1. The molecule has 1 atom stereocenters. The third kappa shape index (κ3) is 3.93. The van der Waals surface area contributed by atoms with Gasteiger partial charge in [-0.3, -0.25) is 4.21 Å². The number of halogens is 1. The molecule has 0 amide bonds. The molecule has 0 aliphatic rings. The largest absolute Gasteiger partial charge is 0.398 e. The van der Waals surface area contributed by atoms with Crippen LogP contribution in [0, 0.1) is 0 Å². The molecule has 0 heterocycles. The number of benzene rings is 2. The van der Waals surface area contributed by atoms with Crippen LogP contribution in [0.5, 0.6) is 0 Å². The van der Waals surface area contributed by atoms with E-state index in [-0.39, 0.29) is 10.6 Å². The molecule has 0 aromatic heterocycles. The molecule has 0 saturated heterocycles. The number of nitrogens with two attached hydrogens (primary N) is 1. The summed E-state index contributed by atoms with van der Waals surface area (Å²) in [6, 6.07) is 11.5. The summed E-state index contributed by atoms with van der Waals surface area (Å²) < 4.78 is 36.0. The van der Waals surface area contributed by atoms with Gasteiger partial charge in [0, 0.05) is 26.9 Å². The van der Waals surface area contributed by atoms with E-state index in [0.29, 0.717) is 10.6 Å². The van der Waals surface area contributed by atoms with E-state index in [4.69, 9.17) is 5.73 Å². The van der Waals surface area contributed by atoms with E-state index in [2.05, 4.69) is 15.9 Å². The van der Waals surface area contributed by atoms with Crippen LogP contribution in [0.25, 0.3) is 0 Å². The highest BCUT2D eigenvalue weighted by molar-refractivity contribution is 9.10. The first-order chi connectivity index (χ1) is 9.79. The number of rotatable bonds is 4. The van der Waals surface area contributed by atoms with E-state index < -0.39 is 20.6 Å². The average molecular weight is 388 g/mol. The maximum Gasteiger partial charge on any atom is 0.175 e. The molecular formula is C14H14BrNO3S2. The van der Waals surface area contributed by atoms with Gasteiger partial charge in [-0.2, -0.15) is 0 Å². The van der Waals surface area contributed by atoms with Gasteiger partial charge >= 0.3 is 0 Å². The molecule has 1 unspecified atom stereocenters. The second-order valence-corrected chi connectivity index (χ2v) is 8.86. The lowest BCUT2D eigenvalue weighted by Crippen LogP contribution is -2.02. The van der Waals surface area contributed by atoms with Gasteiger partial charge in [0.25, 0.3) is 0 Å². The predicted molar refractivity (Wildman–Crippen MR) is 88.2 cm³/mol. The van der Waals surface area contributed by atoms with Crippen molar-refractivity contribution in [2.24, 2.45) is 0 Å². The smallest absolute Gasteiger partial charge is 0.175 e. The van der Waals surface area contributed by atoms with Crippen LogP contribution in [0.4, 0.5) is 5.69 Å². The topological polar surface area (TPSA) is 77.2 Å². The van der Waals surface area contributed by atoms with Crippen molar-refractivity contribution in [3.63, 3.8) is 0 Å². The van der Waals surface area contributed by atoms with Crippen molar-refractivity contribution in [3.05, 3.63) is 52.5 Å². The molecule has 2 aromatic rings. The summed E-state index contributed by atoms with van der Waals surface area (Å²) in [4.78, 5) is 0.779. The fourth-order valence-electron chi connectivity index (χ4n) is 1.78. The van der Waals surface area contributed by atoms with Crippen LogP contribution in [0.1, 0.15) is 5.56 Å². The lowest BCUT2D eigenvalue weighted by molar-refractivity contribution is 0.601. The van der Waals surface area contributed by atoms with Gasteiger partial charge in [0.15, 0.2) is 9.84 Å². The SMILES string of the molecule is CS(=O)(=O)c1ccc(S(=O)Cc2c(N)cccc2Br)cc1. The Balaban J connectivity index is 2.25. The van der Waals surface area contributed by atoms with Crippen molar-refractivity contribution in [1.82, 2.24) is 0 Å². The van der Waals surface area contributed by atoms with Gasteiger partial charge in [0.1, 0.15) is 0 Å². The van der Waals surface area contributed by atoms with Crippen molar-refractivity contribution >= 4 is 42.3 Å². The quantitative estimate of drug-likeness (QED) is 0.818. The zero-order valence-corrected chi connectivity index (χ0v) is 14.5. The van der Waals surface area contributed by atoms with Crippen LogP contribution in [-0.2, 0) is 26.4 Å². The standard InChI is InChI=1S/C14H14BrNO3S2/c1-21(18,19)11-7-5-10(6-8-11)20(17)9-12-13(15)3-2-4-14(12)16/h2-8H,9,16H2,1H3. The van der Waals surface area contributed by atoms with E-state index in [9.17, 15) is 12.6 Å². The van der Waals surface area contributed by atoms with Crippen LogP contribution < -0.4 is 5.73 Å². The van der Waals surface area contributed by atoms with Gasteiger partial charge in [0.05, 0.1) is 21.4 Å². The van der Waals surface area contributed by atoms with Crippen LogP contribution in [0.3, 0.4) is 0 Å². The fourth-order valence-corrected chi connectivity index (χ4v) is 4.31. The molecule has 2 rings (SSSR count). The normalized spacial score (nSPS) is 13.0. The van der Waals surface area contributed by atoms with Gasteiger partial charge in [-0.1, -0.05) is 22.0 Å². The van der Waals surface area contributed by atoms with E-state index in [1.165, 1.54) is 12.1 Å². The minimum Gasteiger partial charge on any atom is -0.398 e. The van der Waals surface area contributed by atoms with E-state index in [1.807, 2.05) is 12.1 Å². The van der Waals surface area contributed by atoms with Gasteiger partial charge < -0.3 is 5.73 Å². The maximum atomic E-state index is 12.4. The molecule has 0 bridgehead atoms. The number of nitrogen functional groups attached to an aromatic ring is 1. The van der Waals surface area contributed by atoms with Crippen LogP contribution >= 0.6 is 15.9 Å². The Morgan fingerprint density at radius 1 is 1.14 bits per heavy atom. The third-order valence-electron chi connectivity index (χ3n) is 2.95. The fraction of sp³-hybridized carbons (Fsp3) is 0.143. The average Bonchev–Trinajstić information content (AvgIpc) is 2.42. The van der Waals surface area contributed by atoms with E-state index in [0.717, 1.165) is 16.3 Å². The van der Waals surface area contributed by atoms with Crippen molar-refractivity contribution in [2.45, 2.75) is 15.5 Å². The van der Waals surface area contributed by atoms with Crippen molar-refractivity contribution in [3.8, 4) is 0 Å².